The largest absolute Gasteiger partial charge is 0.268 e. The summed E-state index contributed by atoms with van der Waals surface area (Å²) in [4.78, 5) is 11.2. The van der Waals surface area contributed by atoms with Gasteiger partial charge >= 0.3 is 0 Å². The number of unbranched alkanes of at least 4 members (excludes halogenated alkanes) is 3. The van der Waals surface area contributed by atoms with E-state index in [1.165, 1.54) is 36.9 Å². The van der Waals surface area contributed by atoms with Crippen LogP contribution in [0.4, 0.5) is 0 Å². The molecule has 0 radical (unpaired) electrons. The van der Waals surface area contributed by atoms with Crippen LogP contribution >= 0.6 is 23.1 Å². The predicted octanol–water partition coefficient (Wildman–Crippen LogP) is 3.14. The summed E-state index contributed by atoms with van der Waals surface area (Å²) in [5.74, 6) is 0. The highest BCUT2D eigenvalue weighted by molar-refractivity contribution is 7.11. The number of aryl methyl sites for hydroxylation is 1. The molecule has 0 aliphatic carbocycles. The molecule has 0 saturated carbocycles. The molecule has 0 spiro atoms. The van der Waals surface area contributed by atoms with Crippen molar-refractivity contribution < 1.29 is 0 Å². The Morgan fingerprint density at radius 2 is 2.23 bits per heavy atom. The molecule has 0 amide bonds. The van der Waals surface area contributed by atoms with Gasteiger partial charge in [-0.15, -0.1) is 0 Å². The third kappa shape index (κ3) is 3.53. The zero-order valence-corrected chi connectivity index (χ0v) is 9.33. The molecule has 0 saturated heterocycles. The molecule has 1 heterocycles. The summed E-state index contributed by atoms with van der Waals surface area (Å²) < 4.78 is 2.30. The van der Waals surface area contributed by atoms with Crippen LogP contribution in [0.25, 0.3) is 0 Å². The maximum atomic E-state index is 11.2. The molecule has 0 atom stereocenters. The number of halogens is 1. The van der Waals surface area contributed by atoms with Crippen LogP contribution in [-0.2, 0) is 6.54 Å². The molecule has 1 aromatic rings. The molecule has 13 heavy (non-hydrogen) atoms. The predicted molar refractivity (Wildman–Crippen MR) is 57.7 cm³/mol. The molecule has 0 fully saturated rings. The summed E-state index contributed by atoms with van der Waals surface area (Å²) in [5, 5.41) is 0. The Hall–Kier alpha value is -0.280. The fourth-order valence-electron chi connectivity index (χ4n) is 1.18. The molecular weight excluding hydrogens is 206 g/mol. The normalized spacial score (nSPS) is 10.6. The molecular formula is C9H14ClNOS. The Morgan fingerprint density at radius 3 is 2.77 bits per heavy atom. The smallest absolute Gasteiger partial charge is 0.262 e. The lowest BCUT2D eigenvalue weighted by molar-refractivity contribution is 0.599. The number of hydrogen-bond acceptors (Lipinski definition) is 2. The van der Waals surface area contributed by atoms with Gasteiger partial charge in [0.1, 0.15) is 4.34 Å². The first-order valence-electron chi connectivity index (χ1n) is 4.60. The van der Waals surface area contributed by atoms with E-state index in [9.17, 15) is 4.79 Å². The summed E-state index contributed by atoms with van der Waals surface area (Å²) in [6.07, 6.45) is 4.73. The van der Waals surface area contributed by atoms with Crippen molar-refractivity contribution in [1.29, 1.82) is 0 Å². The average molecular weight is 220 g/mol. The van der Waals surface area contributed by atoms with Crippen LogP contribution in [0.5, 0.6) is 0 Å². The lowest BCUT2D eigenvalue weighted by atomic mass is 10.2. The van der Waals surface area contributed by atoms with E-state index in [2.05, 4.69) is 6.92 Å². The highest BCUT2D eigenvalue weighted by atomic mass is 35.5. The minimum absolute atomic E-state index is 0.0338. The second-order valence-corrected chi connectivity index (χ2v) is 4.74. The van der Waals surface area contributed by atoms with Crippen molar-refractivity contribution in [3.63, 3.8) is 0 Å². The topological polar surface area (TPSA) is 22.0 Å². The Kier molecular flexibility index (Phi) is 4.53. The third-order valence-corrected chi connectivity index (χ3v) is 3.09. The fourth-order valence-corrected chi connectivity index (χ4v) is 2.25. The van der Waals surface area contributed by atoms with Crippen molar-refractivity contribution in [2.75, 3.05) is 0 Å². The first kappa shape index (κ1) is 10.8. The number of hydrogen-bond donors (Lipinski definition) is 0. The average Bonchev–Trinajstić information content (AvgIpc) is 2.39. The van der Waals surface area contributed by atoms with Gasteiger partial charge in [0, 0.05) is 12.6 Å². The van der Waals surface area contributed by atoms with Crippen molar-refractivity contribution in [3.05, 3.63) is 20.8 Å². The second kappa shape index (κ2) is 5.45. The molecule has 0 aromatic carbocycles. The van der Waals surface area contributed by atoms with Gasteiger partial charge in [-0.3, -0.25) is 8.75 Å². The molecule has 74 valence electrons. The standard InChI is InChI=1S/C9H14ClNOS/c1-2-3-4-5-6-11-9(12)7-8(10)13-11/h7H,2-6H2,1H3. The van der Waals surface area contributed by atoms with E-state index in [1.807, 2.05) is 0 Å². The highest BCUT2D eigenvalue weighted by Crippen LogP contribution is 2.13. The van der Waals surface area contributed by atoms with Gasteiger partial charge in [0.15, 0.2) is 0 Å². The van der Waals surface area contributed by atoms with Gasteiger partial charge in [-0.25, -0.2) is 0 Å². The quantitative estimate of drug-likeness (QED) is 0.698. The zero-order valence-electron chi connectivity index (χ0n) is 7.75. The number of aromatic nitrogens is 1. The molecule has 2 nitrogen and oxygen atoms in total. The van der Waals surface area contributed by atoms with Gasteiger partial charge in [-0.1, -0.05) is 37.8 Å². The molecule has 1 rings (SSSR count). The Bertz CT molecular complexity index is 305. The SMILES string of the molecule is CCCCCCn1sc(Cl)cc1=O. The van der Waals surface area contributed by atoms with Crippen LogP contribution in [-0.4, -0.2) is 3.96 Å². The molecule has 1 aromatic heterocycles. The molecule has 0 aliphatic rings. The second-order valence-electron chi connectivity index (χ2n) is 3.04. The van der Waals surface area contributed by atoms with Crippen LogP contribution in [0.1, 0.15) is 32.6 Å². The van der Waals surface area contributed by atoms with E-state index in [-0.39, 0.29) is 5.56 Å². The zero-order chi connectivity index (χ0) is 9.68. The van der Waals surface area contributed by atoms with E-state index in [0.29, 0.717) is 4.34 Å². The van der Waals surface area contributed by atoms with Gasteiger partial charge < -0.3 is 0 Å². The lowest BCUT2D eigenvalue weighted by Crippen LogP contribution is -2.11. The van der Waals surface area contributed by atoms with Gasteiger partial charge in [0.25, 0.3) is 5.56 Å². The van der Waals surface area contributed by atoms with Crippen molar-refractivity contribution in [3.8, 4) is 0 Å². The Balaban J connectivity index is 2.36. The first-order chi connectivity index (χ1) is 6.24. The van der Waals surface area contributed by atoms with Crippen molar-refractivity contribution in [1.82, 2.24) is 3.96 Å². The van der Waals surface area contributed by atoms with Gasteiger partial charge in [0.05, 0.1) is 0 Å². The van der Waals surface area contributed by atoms with E-state index in [0.717, 1.165) is 13.0 Å². The Morgan fingerprint density at radius 1 is 1.46 bits per heavy atom. The number of rotatable bonds is 5. The van der Waals surface area contributed by atoms with Gasteiger partial charge in [0.2, 0.25) is 0 Å². The molecule has 0 aliphatic heterocycles. The summed E-state index contributed by atoms with van der Waals surface area (Å²) in [7, 11) is 0. The van der Waals surface area contributed by atoms with Crippen LogP contribution < -0.4 is 5.56 Å². The third-order valence-electron chi connectivity index (χ3n) is 1.89. The minimum Gasteiger partial charge on any atom is -0.268 e. The van der Waals surface area contributed by atoms with Gasteiger partial charge in [-0.05, 0) is 18.0 Å². The molecule has 0 N–H and O–H groups in total. The van der Waals surface area contributed by atoms with Crippen LogP contribution in [0.3, 0.4) is 0 Å². The van der Waals surface area contributed by atoms with E-state index >= 15 is 0 Å². The van der Waals surface area contributed by atoms with Crippen LogP contribution in [0.15, 0.2) is 10.9 Å². The lowest BCUT2D eigenvalue weighted by Gasteiger charge is -1.98. The summed E-state index contributed by atoms with van der Waals surface area (Å²) >= 11 is 7.05. The monoisotopic (exact) mass is 219 g/mol. The molecule has 0 unspecified atom stereocenters. The van der Waals surface area contributed by atoms with E-state index < -0.39 is 0 Å². The summed E-state index contributed by atoms with van der Waals surface area (Å²) in [6.45, 7) is 2.99. The maximum absolute atomic E-state index is 11.2. The van der Waals surface area contributed by atoms with Crippen molar-refractivity contribution in [2.24, 2.45) is 0 Å². The minimum atomic E-state index is 0.0338. The summed E-state index contributed by atoms with van der Waals surface area (Å²) in [5.41, 5.74) is 0.0338. The Labute approximate surface area is 87.3 Å². The van der Waals surface area contributed by atoms with Crippen LogP contribution in [0, 0.1) is 0 Å². The van der Waals surface area contributed by atoms with Gasteiger partial charge in [-0.2, -0.15) is 0 Å². The van der Waals surface area contributed by atoms with Crippen molar-refractivity contribution in [2.45, 2.75) is 39.2 Å². The summed E-state index contributed by atoms with van der Waals surface area (Å²) in [6, 6.07) is 1.48. The molecule has 0 bridgehead atoms. The van der Waals surface area contributed by atoms with E-state index in [4.69, 9.17) is 11.6 Å². The van der Waals surface area contributed by atoms with E-state index in [1.54, 1.807) is 3.96 Å². The number of nitrogens with zero attached hydrogens (tertiary/aromatic N) is 1. The first-order valence-corrected chi connectivity index (χ1v) is 5.76. The van der Waals surface area contributed by atoms with Crippen molar-refractivity contribution >= 4 is 23.1 Å². The molecule has 4 heteroatoms. The highest BCUT2D eigenvalue weighted by Gasteiger charge is 2.00. The fraction of sp³-hybridized carbons (Fsp3) is 0.667. The van der Waals surface area contributed by atoms with Crippen LogP contribution in [0.2, 0.25) is 4.34 Å². The maximum Gasteiger partial charge on any atom is 0.262 e.